The minimum Gasteiger partial charge on any atom is -0.345 e. The van der Waals surface area contributed by atoms with Crippen LogP contribution in [0.2, 0.25) is 0 Å². The number of hydrogen-bond acceptors (Lipinski definition) is 4. The highest BCUT2D eigenvalue weighted by Crippen LogP contribution is 2.19. The molecule has 0 aromatic carbocycles. The molecule has 2 aromatic rings. The van der Waals surface area contributed by atoms with Crippen molar-refractivity contribution in [2.45, 2.75) is 39.2 Å². The van der Waals surface area contributed by atoms with E-state index in [4.69, 9.17) is 0 Å². The van der Waals surface area contributed by atoms with Gasteiger partial charge in [-0.25, -0.2) is 4.98 Å². The smallest absolute Gasteiger partial charge is 0.246 e. The van der Waals surface area contributed by atoms with Gasteiger partial charge in [0.05, 0.1) is 23.9 Å². The van der Waals surface area contributed by atoms with Crippen molar-refractivity contribution in [2.24, 2.45) is 5.92 Å². The van der Waals surface area contributed by atoms with Crippen LogP contribution in [0, 0.1) is 5.92 Å². The molecule has 128 valence electrons. The van der Waals surface area contributed by atoms with E-state index in [9.17, 15) is 4.79 Å². The van der Waals surface area contributed by atoms with E-state index in [-0.39, 0.29) is 5.91 Å². The number of aryl methyl sites for hydroxylation is 1. The monoisotopic (exact) mass is 328 g/mol. The van der Waals surface area contributed by atoms with Gasteiger partial charge in [0.2, 0.25) is 5.91 Å². The van der Waals surface area contributed by atoms with E-state index in [1.54, 1.807) is 24.7 Å². The number of carbonyl (C=O) groups is 1. The lowest BCUT2D eigenvalue weighted by atomic mass is 9.97. The van der Waals surface area contributed by atoms with Crippen molar-refractivity contribution in [1.29, 1.82) is 0 Å². The number of amides is 1. The highest BCUT2D eigenvalue weighted by Gasteiger charge is 2.22. The van der Waals surface area contributed by atoms with E-state index in [1.807, 2.05) is 15.8 Å². The molecule has 7 heteroatoms. The van der Waals surface area contributed by atoms with Crippen LogP contribution in [0.3, 0.4) is 0 Å². The molecular formula is C17H24N6O. The zero-order valence-corrected chi connectivity index (χ0v) is 14.1. The lowest BCUT2D eigenvalue weighted by molar-refractivity contribution is -0.127. The van der Waals surface area contributed by atoms with E-state index in [2.05, 4.69) is 27.2 Å². The van der Waals surface area contributed by atoms with E-state index in [1.165, 1.54) is 0 Å². The molecular weight excluding hydrogens is 304 g/mol. The first-order valence-electron chi connectivity index (χ1n) is 8.59. The van der Waals surface area contributed by atoms with Gasteiger partial charge in [-0.15, -0.1) is 5.10 Å². The summed E-state index contributed by atoms with van der Waals surface area (Å²) in [6.45, 7) is 4.63. The molecule has 1 amide bonds. The van der Waals surface area contributed by atoms with Gasteiger partial charge < -0.3 is 9.88 Å². The fourth-order valence-corrected chi connectivity index (χ4v) is 3.02. The average molecular weight is 328 g/mol. The molecule has 1 aliphatic rings. The topological polar surface area (TPSA) is 79.7 Å². The molecule has 3 heterocycles. The van der Waals surface area contributed by atoms with Gasteiger partial charge in [-0.2, -0.15) is 0 Å². The molecule has 0 spiro atoms. The number of hydrogen-bond donors (Lipinski definition) is 1. The van der Waals surface area contributed by atoms with Crippen LogP contribution in [0.1, 0.15) is 37.6 Å². The van der Waals surface area contributed by atoms with Crippen LogP contribution in [0.5, 0.6) is 0 Å². The molecule has 0 atom stereocenters. The molecule has 0 radical (unpaired) electrons. The minimum atomic E-state index is 0.0639. The zero-order chi connectivity index (χ0) is 16.8. The lowest BCUT2D eigenvalue weighted by Crippen LogP contribution is -2.38. The molecule has 0 bridgehead atoms. The third-order valence-electron chi connectivity index (χ3n) is 4.39. The summed E-state index contributed by atoms with van der Waals surface area (Å²) in [5, 5.41) is 8.40. The van der Waals surface area contributed by atoms with Crippen LogP contribution in [-0.2, 0) is 17.8 Å². The summed E-state index contributed by atoms with van der Waals surface area (Å²) in [6, 6.07) is 0. The highest BCUT2D eigenvalue weighted by atomic mass is 16.2. The quantitative estimate of drug-likeness (QED) is 0.822. The summed E-state index contributed by atoms with van der Waals surface area (Å²) in [7, 11) is 0. The van der Waals surface area contributed by atoms with Crippen molar-refractivity contribution in [1.82, 2.24) is 29.9 Å². The third kappa shape index (κ3) is 4.31. The van der Waals surface area contributed by atoms with Crippen molar-refractivity contribution in [3.63, 3.8) is 0 Å². The van der Waals surface area contributed by atoms with Crippen LogP contribution in [0.25, 0.3) is 6.08 Å². The number of carbonyl (C=O) groups excluding carboxylic acids is 1. The van der Waals surface area contributed by atoms with Crippen LogP contribution < -0.4 is 0 Å². The number of H-pyrrole nitrogens is 1. The molecule has 1 N–H and O–H groups in total. The standard InChI is InChI=1S/C17H24N6O/c1-2-3-16-12-23(21-20-16)11-14-6-8-22(9-7-14)17(24)5-4-15-10-18-13-19-15/h4-5,10,12-14H,2-3,6-9,11H2,1H3,(H,18,19). The summed E-state index contributed by atoms with van der Waals surface area (Å²) in [6.07, 6.45) is 12.8. The highest BCUT2D eigenvalue weighted by molar-refractivity contribution is 5.91. The first-order chi connectivity index (χ1) is 11.7. The van der Waals surface area contributed by atoms with Crippen molar-refractivity contribution >= 4 is 12.0 Å². The maximum Gasteiger partial charge on any atom is 0.246 e. The van der Waals surface area contributed by atoms with Gasteiger partial charge in [0.25, 0.3) is 0 Å². The second kappa shape index (κ2) is 7.90. The summed E-state index contributed by atoms with van der Waals surface area (Å²) in [4.78, 5) is 21.0. The van der Waals surface area contributed by atoms with Gasteiger partial charge in [0.15, 0.2) is 0 Å². The predicted molar refractivity (Wildman–Crippen MR) is 90.9 cm³/mol. The van der Waals surface area contributed by atoms with Gasteiger partial charge in [-0.3, -0.25) is 9.48 Å². The number of imidazole rings is 1. The second-order valence-corrected chi connectivity index (χ2v) is 6.29. The minimum absolute atomic E-state index is 0.0639. The van der Waals surface area contributed by atoms with Gasteiger partial charge >= 0.3 is 0 Å². The van der Waals surface area contributed by atoms with Crippen molar-refractivity contribution in [3.8, 4) is 0 Å². The molecule has 1 aliphatic heterocycles. The molecule has 2 aromatic heterocycles. The number of aromatic amines is 1. The van der Waals surface area contributed by atoms with E-state index in [0.717, 1.165) is 56.7 Å². The number of nitrogens with zero attached hydrogens (tertiary/aromatic N) is 5. The fourth-order valence-electron chi connectivity index (χ4n) is 3.02. The zero-order valence-electron chi connectivity index (χ0n) is 14.1. The Morgan fingerprint density at radius 2 is 2.25 bits per heavy atom. The van der Waals surface area contributed by atoms with Crippen LogP contribution in [0.4, 0.5) is 0 Å². The fraction of sp³-hybridized carbons (Fsp3) is 0.529. The summed E-state index contributed by atoms with van der Waals surface area (Å²) in [5.74, 6) is 0.621. The van der Waals surface area contributed by atoms with Gasteiger partial charge in [-0.05, 0) is 31.3 Å². The molecule has 7 nitrogen and oxygen atoms in total. The number of nitrogens with one attached hydrogen (secondary N) is 1. The largest absolute Gasteiger partial charge is 0.345 e. The molecule has 24 heavy (non-hydrogen) atoms. The Labute approximate surface area is 141 Å². The number of rotatable bonds is 6. The van der Waals surface area contributed by atoms with Gasteiger partial charge in [0.1, 0.15) is 0 Å². The summed E-state index contributed by atoms with van der Waals surface area (Å²) < 4.78 is 1.95. The molecule has 3 rings (SSSR count). The van der Waals surface area contributed by atoms with E-state index in [0.29, 0.717) is 5.92 Å². The van der Waals surface area contributed by atoms with Crippen LogP contribution in [-0.4, -0.2) is 48.9 Å². The molecule has 1 fully saturated rings. The molecule has 0 aliphatic carbocycles. The number of aromatic nitrogens is 5. The first-order valence-corrected chi connectivity index (χ1v) is 8.59. The maximum absolute atomic E-state index is 12.2. The molecule has 0 saturated carbocycles. The van der Waals surface area contributed by atoms with Crippen LogP contribution >= 0.6 is 0 Å². The predicted octanol–water partition coefficient (Wildman–Crippen LogP) is 1.91. The number of likely N-dealkylation sites (tertiary alicyclic amines) is 1. The second-order valence-electron chi connectivity index (χ2n) is 6.29. The molecule has 1 saturated heterocycles. The summed E-state index contributed by atoms with van der Waals surface area (Å²) in [5.41, 5.74) is 1.90. The Hall–Kier alpha value is -2.44. The van der Waals surface area contributed by atoms with Crippen molar-refractivity contribution < 1.29 is 4.79 Å². The molecule has 0 unspecified atom stereocenters. The number of piperidine rings is 1. The average Bonchev–Trinajstić information content (AvgIpc) is 3.26. The Balaban J connectivity index is 1.45. The lowest BCUT2D eigenvalue weighted by Gasteiger charge is -2.31. The summed E-state index contributed by atoms with van der Waals surface area (Å²) >= 11 is 0. The van der Waals surface area contributed by atoms with Crippen molar-refractivity contribution in [2.75, 3.05) is 13.1 Å². The Bertz CT molecular complexity index is 667. The Morgan fingerprint density at radius 1 is 1.42 bits per heavy atom. The normalized spacial score (nSPS) is 16.1. The Morgan fingerprint density at radius 3 is 2.96 bits per heavy atom. The van der Waals surface area contributed by atoms with Crippen molar-refractivity contribution in [3.05, 3.63) is 36.2 Å². The van der Waals surface area contributed by atoms with Gasteiger partial charge in [-0.1, -0.05) is 18.6 Å². The third-order valence-corrected chi connectivity index (χ3v) is 4.39. The van der Waals surface area contributed by atoms with E-state index < -0.39 is 0 Å². The Kier molecular flexibility index (Phi) is 5.40. The maximum atomic E-state index is 12.2. The SMILES string of the molecule is CCCc1cn(CC2CCN(C(=O)C=Cc3cnc[nH]3)CC2)nn1. The van der Waals surface area contributed by atoms with E-state index >= 15 is 0 Å². The van der Waals surface area contributed by atoms with Crippen LogP contribution in [0.15, 0.2) is 24.8 Å². The van der Waals surface area contributed by atoms with Gasteiger partial charge in [0, 0.05) is 31.9 Å². The first kappa shape index (κ1) is 16.4.